The minimum absolute atomic E-state index is 0.118. The number of aliphatic hydroxyl groups excluding tert-OH is 1. The molecule has 0 aromatic rings. The SMILES string of the molecule is C=CCOC[C@H](O)CN1CCNC1=O. The Hall–Kier alpha value is -1.07. The van der Waals surface area contributed by atoms with Crippen LogP contribution in [0.4, 0.5) is 4.79 Å². The predicted octanol–water partition coefficient (Wildman–Crippen LogP) is -0.425. The van der Waals surface area contributed by atoms with Crippen molar-refractivity contribution in [1.29, 1.82) is 0 Å². The molecule has 0 aromatic heterocycles. The summed E-state index contributed by atoms with van der Waals surface area (Å²) < 4.78 is 5.06. The first-order valence-corrected chi connectivity index (χ1v) is 4.63. The van der Waals surface area contributed by atoms with Crippen LogP contribution in [-0.4, -0.2) is 55.0 Å². The molecule has 1 aliphatic heterocycles. The number of nitrogens with zero attached hydrogens (tertiary/aromatic N) is 1. The Balaban J connectivity index is 2.15. The molecule has 1 saturated heterocycles. The molecule has 14 heavy (non-hydrogen) atoms. The third-order valence-electron chi connectivity index (χ3n) is 1.92. The van der Waals surface area contributed by atoms with Crippen LogP contribution >= 0.6 is 0 Å². The molecule has 5 nitrogen and oxygen atoms in total. The zero-order valence-electron chi connectivity index (χ0n) is 8.11. The van der Waals surface area contributed by atoms with Gasteiger partial charge in [0.2, 0.25) is 0 Å². The minimum Gasteiger partial charge on any atom is -0.389 e. The molecule has 0 aliphatic carbocycles. The molecule has 80 valence electrons. The average Bonchev–Trinajstić information content (AvgIpc) is 2.52. The van der Waals surface area contributed by atoms with Crippen LogP contribution in [0.2, 0.25) is 0 Å². The van der Waals surface area contributed by atoms with Gasteiger partial charge >= 0.3 is 6.03 Å². The third-order valence-corrected chi connectivity index (χ3v) is 1.92. The lowest BCUT2D eigenvalue weighted by Gasteiger charge is -2.18. The van der Waals surface area contributed by atoms with E-state index in [0.29, 0.717) is 26.2 Å². The molecule has 1 atom stereocenters. The number of aliphatic hydroxyl groups is 1. The highest BCUT2D eigenvalue weighted by Gasteiger charge is 2.21. The Morgan fingerprint density at radius 2 is 2.57 bits per heavy atom. The fraction of sp³-hybridized carbons (Fsp3) is 0.667. The van der Waals surface area contributed by atoms with Crippen LogP contribution in [0.25, 0.3) is 0 Å². The van der Waals surface area contributed by atoms with Crippen molar-refractivity contribution in [1.82, 2.24) is 10.2 Å². The van der Waals surface area contributed by atoms with Crippen LogP contribution < -0.4 is 5.32 Å². The van der Waals surface area contributed by atoms with Gasteiger partial charge in [0.05, 0.1) is 25.9 Å². The topological polar surface area (TPSA) is 61.8 Å². The van der Waals surface area contributed by atoms with E-state index in [9.17, 15) is 9.90 Å². The van der Waals surface area contributed by atoms with E-state index < -0.39 is 6.10 Å². The van der Waals surface area contributed by atoms with Gasteiger partial charge in [0.15, 0.2) is 0 Å². The fourth-order valence-electron chi connectivity index (χ4n) is 1.28. The van der Waals surface area contributed by atoms with Gasteiger partial charge in [-0.3, -0.25) is 0 Å². The number of hydrogen-bond donors (Lipinski definition) is 2. The van der Waals surface area contributed by atoms with E-state index in [1.807, 2.05) is 0 Å². The van der Waals surface area contributed by atoms with Crippen molar-refractivity contribution < 1.29 is 14.6 Å². The summed E-state index contributed by atoms with van der Waals surface area (Å²) in [4.78, 5) is 12.7. The Morgan fingerprint density at radius 1 is 1.79 bits per heavy atom. The number of nitrogens with one attached hydrogen (secondary N) is 1. The summed E-state index contributed by atoms with van der Waals surface area (Å²) in [6.07, 6.45) is 0.994. The molecule has 2 N–H and O–H groups in total. The Bertz CT molecular complexity index is 208. The van der Waals surface area contributed by atoms with Gasteiger partial charge < -0.3 is 20.1 Å². The van der Waals surface area contributed by atoms with Crippen molar-refractivity contribution in [3.63, 3.8) is 0 Å². The first kappa shape index (κ1) is 11.0. The predicted molar refractivity (Wildman–Crippen MR) is 52.0 cm³/mol. The number of urea groups is 1. The van der Waals surface area contributed by atoms with Crippen LogP contribution in [0.3, 0.4) is 0 Å². The summed E-state index contributed by atoms with van der Waals surface area (Å²) in [5, 5.41) is 12.1. The van der Waals surface area contributed by atoms with Crippen molar-refractivity contribution in [3.05, 3.63) is 12.7 Å². The van der Waals surface area contributed by atoms with Crippen LogP contribution in [0.1, 0.15) is 0 Å². The third kappa shape index (κ3) is 3.35. The van der Waals surface area contributed by atoms with Crippen molar-refractivity contribution >= 4 is 6.03 Å². The summed E-state index contributed by atoms with van der Waals surface area (Å²) in [6, 6.07) is -0.118. The highest BCUT2D eigenvalue weighted by Crippen LogP contribution is 1.99. The smallest absolute Gasteiger partial charge is 0.317 e. The van der Waals surface area contributed by atoms with E-state index in [0.717, 1.165) is 0 Å². The van der Waals surface area contributed by atoms with Gasteiger partial charge in [-0.2, -0.15) is 0 Å². The number of amides is 2. The maximum atomic E-state index is 11.1. The molecule has 0 saturated carbocycles. The second-order valence-electron chi connectivity index (χ2n) is 3.16. The molecule has 0 unspecified atom stereocenters. The molecule has 1 fully saturated rings. The van der Waals surface area contributed by atoms with Crippen LogP contribution in [-0.2, 0) is 4.74 Å². The summed E-state index contributed by atoms with van der Waals surface area (Å²) >= 11 is 0. The van der Waals surface area contributed by atoms with E-state index >= 15 is 0 Å². The van der Waals surface area contributed by atoms with Crippen molar-refractivity contribution in [3.8, 4) is 0 Å². The first-order chi connectivity index (χ1) is 6.74. The second kappa shape index (κ2) is 5.62. The van der Waals surface area contributed by atoms with Gasteiger partial charge in [0, 0.05) is 13.1 Å². The Labute approximate surface area is 83.3 Å². The second-order valence-corrected chi connectivity index (χ2v) is 3.16. The number of β-amino-alcohol motifs (C(OH)–C–C–N with tert-alkyl or cyclic N) is 1. The van der Waals surface area contributed by atoms with E-state index in [1.54, 1.807) is 11.0 Å². The Morgan fingerprint density at radius 3 is 3.14 bits per heavy atom. The monoisotopic (exact) mass is 200 g/mol. The van der Waals surface area contributed by atoms with E-state index in [-0.39, 0.29) is 12.6 Å². The molecule has 0 spiro atoms. The molecule has 1 rings (SSSR count). The van der Waals surface area contributed by atoms with E-state index in [4.69, 9.17) is 4.74 Å². The molecule has 5 heteroatoms. The number of ether oxygens (including phenoxy) is 1. The van der Waals surface area contributed by atoms with Crippen LogP contribution in [0.5, 0.6) is 0 Å². The summed E-state index contributed by atoms with van der Waals surface area (Å²) in [5.74, 6) is 0. The zero-order chi connectivity index (χ0) is 10.4. The van der Waals surface area contributed by atoms with Crippen molar-refractivity contribution in [2.75, 3.05) is 32.8 Å². The van der Waals surface area contributed by atoms with E-state index in [2.05, 4.69) is 11.9 Å². The quantitative estimate of drug-likeness (QED) is 0.452. The molecular weight excluding hydrogens is 184 g/mol. The zero-order valence-corrected chi connectivity index (χ0v) is 8.11. The Kier molecular flexibility index (Phi) is 4.42. The maximum Gasteiger partial charge on any atom is 0.317 e. The lowest BCUT2D eigenvalue weighted by molar-refractivity contribution is 0.0357. The van der Waals surface area contributed by atoms with Gasteiger partial charge in [0.1, 0.15) is 0 Å². The lowest BCUT2D eigenvalue weighted by atomic mass is 10.3. The molecule has 0 bridgehead atoms. The van der Waals surface area contributed by atoms with Gasteiger partial charge in [-0.15, -0.1) is 6.58 Å². The molecular formula is C9H16N2O3. The molecule has 1 aliphatic rings. The van der Waals surface area contributed by atoms with Crippen molar-refractivity contribution in [2.24, 2.45) is 0 Å². The molecule has 0 radical (unpaired) electrons. The number of carbonyl (C=O) groups excluding carboxylic acids is 1. The molecule has 1 heterocycles. The largest absolute Gasteiger partial charge is 0.389 e. The van der Waals surface area contributed by atoms with Gasteiger partial charge in [0.25, 0.3) is 0 Å². The first-order valence-electron chi connectivity index (χ1n) is 4.63. The average molecular weight is 200 g/mol. The highest BCUT2D eigenvalue weighted by atomic mass is 16.5. The maximum absolute atomic E-state index is 11.1. The van der Waals surface area contributed by atoms with E-state index in [1.165, 1.54) is 0 Å². The minimum atomic E-state index is -0.626. The number of rotatable bonds is 6. The summed E-state index contributed by atoms with van der Waals surface area (Å²) in [6.45, 7) is 5.77. The number of carbonyl (C=O) groups is 1. The molecule has 0 aromatic carbocycles. The van der Waals surface area contributed by atoms with Gasteiger partial charge in [-0.05, 0) is 0 Å². The van der Waals surface area contributed by atoms with Gasteiger partial charge in [-0.25, -0.2) is 4.79 Å². The van der Waals surface area contributed by atoms with Crippen molar-refractivity contribution in [2.45, 2.75) is 6.10 Å². The standard InChI is InChI=1S/C9H16N2O3/c1-2-5-14-7-8(12)6-11-4-3-10-9(11)13/h2,8,12H,1,3-7H2,(H,10,13)/t8-/m1/s1. The molecule has 2 amide bonds. The fourth-order valence-corrected chi connectivity index (χ4v) is 1.28. The summed E-state index contributed by atoms with van der Waals surface area (Å²) in [7, 11) is 0. The highest BCUT2D eigenvalue weighted by molar-refractivity contribution is 5.76. The van der Waals surface area contributed by atoms with Gasteiger partial charge in [-0.1, -0.05) is 6.08 Å². The number of hydrogen-bond acceptors (Lipinski definition) is 3. The van der Waals surface area contributed by atoms with Crippen LogP contribution in [0.15, 0.2) is 12.7 Å². The lowest BCUT2D eigenvalue weighted by Crippen LogP contribution is -2.37. The summed E-state index contributed by atoms with van der Waals surface area (Å²) in [5.41, 5.74) is 0. The normalized spacial score (nSPS) is 18.1. The van der Waals surface area contributed by atoms with Crippen LogP contribution in [0, 0.1) is 0 Å².